The van der Waals surface area contributed by atoms with Gasteiger partial charge in [-0.25, -0.2) is 0 Å². The Balaban J connectivity index is 1.74. The van der Waals surface area contributed by atoms with Crippen LogP contribution >= 0.6 is 0 Å². The molecule has 5 nitrogen and oxygen atoms in total. The molecule has 132 valence electrons. The van der Waals surface area contributed by atoms with Gasteiger partial charge in [-0.05, 0) is 32.8 Å². The molecule has 0 aromatic heterocycles. The first kappa shape index (κ1) is 18.5. The van der Waals surface area contributed by atoms with E-state index in [1.165, 1.54) is 5.56 Å². The fourth-order valence-corrected chi connectivity index (χ4v) is 2.76. The van der Waals surface area contributed by atoms with Gasteiger partial charge in [0.25, 0.3) is 0 Å². The second-order valence-electron chi connectivity index (χ2n) is 6.73. The standard InChI is InChI=1S/C19H28N2O3/c1-14(2)24-10-4-9-20-19(23)17-11-18(22)21(13-17)12-16-7-5-15(3)6-8-16/h5-8,14,17H,4,9-13H2,1-3H3,(H,20,23). The van der Waals surface area contributed by atoms with Gasteiger partial charge in [0, 0.05) is 32.7 Å². The first-order valence-corrected chi connectivity index (χ1v) is 8.68. The molecule has 1 N–H and O–H groups in total. The Labute approximate surface area is 144 Å². The van der Waals surface area contributed by atoms with Gasteiger partial charge in [0.15, 0.2) is 0 Å². The molecule has 1 atom stereocenters. The summed E-state index contributed by atoms with van der Waals surface area (Å²) in [7, 11) is 0. The van der Waals surface area contributed by atoms with E-state index < -0.39 is 0 Å². The Morgan fingerprint density at radius 1 is 1.33 bits per heavy atom. The third kappa shape index (κ3) is 5.64. The number of benzene rings is 1. The van der Waals surface area contributed by atoms with Crippen molar-refractivity contribution in [3.63, 3.8) is 0 Å². The van der Waals surface area contributed by atoms with Crippen LogP contribution in [0.25, 0.3) is 0 Å². The molecular formula is C19H28N2O3. The van der Waals surface area contributed by atoms with Crippen LogP contribution in [0.2, 0.25) is 0 Å². The van der Waals surface area contributed by atoms with Crippen LogP contribution in [0.15, 0.2) is 24.3 Å². The van der Waals surface area contributed by atoms with Gasteiger partial charge in [-0.3, -0.25) is 9.59 Å². The number of nitrogens with one attached hydrogen (secondary N) is 1. The lowest BCUT2D eigenvalue weighted by atomic mass is 10.1. The highest BCUT2D eigenvalue weighted by Gasteiger charge is 2.33. The van der Waals surface area contributed by atoms with Gasteiger partial charge in [0.2, 0.25) is 11.8 Å². The summed E-state index contributed by atoms with van der Waals surface area (Å²) >= 11 is 0. The Morgan fingerprint density at radius 2 is 2.04 bits per heavy atom. The maximum atomic E-state index is 12.2. The number of likely N-dealkylation sites (tertiary alicyclic amines) is 1. The van der Waals surface area contributed by atoms with E-state index in [1.54, 1.807) is 4.90 Å². The molecule has 0 saturated carbocycles. The number of hydrogen-bond acceptors (Lipinski definition) is 3. The lowest BCUT2D eigenvalue weighted by Crippen LogP contribution is -2.33. The second kappa shape index (κ2) is 8.83. The average molecular weight is 332 g/mol. The molecule has 2 amide bonds. The molecule has 24 heavy (non-hydrogen) atoms. The highest BCUT2D eigenvalue weighted by molar-refractivity contribution is 5.89. The summed E-state index contributed by atoms with van der Waals surface area (Å²) in [6, 6.07) is 8.15. The predicted octanol–water partition coefficient (Wildman–Crippen LogP) is 2.27. The topological polar surface area (TPSA) is 58.6 Å². The van der Waals surface area contributed by atoms with Crippen LogP contribution in [0, 0.1) is 12.8 Å². The van der Waals surface area contributed by atoms with Gasteiger partial charge in [0.1, 0.15) is 0 Å². The van der Waals surface area contributed by atoms with Crippen molar-refractivity contribution >= 4 is 11.8 Å². The molecule has 1 saturated heterocycles. The Hall–Kier alpha value is -1.88. The van der Waals surface area contributed by atoms with E-state index in [9.17, 15) is 9.59 Å². The number of hydrogen-bond donors (Lipinski definition) is 1. The lowest BCUT2D eigenvalue weighted by Gasteiger charge is -2.17. The minimum absolute atomic E-state index is 0.0284. The zero-order valence-corrected chi connectivity index (χ0v) is 14.9. The monoisotopic (exact) mass is 332 g/mol. The van der Waals surface area contributed by atoms with Crippen LogP contribution in [0.3, 0.4) is 0 Å². The highest BCUT2D eigenvalue weighted by atomic mass is 16.5. The third-order valence-corrected chi connectivity index (χ3v) is 4.15. The van der Waals surface area contributed by atoms with Crippen molar-refractivity contribution in [3.8, 4) is 0 Å². The number of nitrogens with zero attached hydrogens (tertiary/aromatic N) is 1. The van der Waals surface area contributed by atoms with Crippen LogP contribution in [0.4, 0.5) is 0 Å². The second-order valence-corrected chi connectivity index (χ2v) is 6.73. The van der Waals surface area contributed by atoms with E-state index in [0.29, 0.717) is 32.7 Å². The zero-order chi connectivity index (χ0) is 17.5. The summed E-state index contributed by atoms with van der Waals surface area (Å²) in [4.78, 5) is 26.1. The minimum atomic E-state index is -0.242. The van der Waals surface area contributed by atoms with Gasteiger partial charge in [0.05, 0.1) is 12.0 Å². The normalized spacial score (nSPS) is 17.6. The number of amides is 2. The smallest absolute Gasteiger partial charge is 0.225 e. The van der Waals surface area contributed by atoms with Gasteiger partial charge >= 0.3 is 0 Å². The average Bonchev–Trinajstić information content (AvgIpc) is 2.90. The third-order valence-electron chi connectivity index (χ3n) is 4.15. The molecule has 5 heteroatoms. The molecule has 1 heterocycles. The Kier molecular flexibility index (Phi) is 6.79. The molecule has 0 radical (unpaired) electrons. The summed E-state index contributed by atoms with van der Waals surface area (Å²) in [5.41, 5.74) is 2.30. The number of aryl methyl sites for hydroxylation is 1. The van der Waals surface area contributed by atoms with Crippen LogP contribution in [-0.2, 0) is 20.9 Å². The van der Waals surface area contributed by atoms with Crippen LogP contribution in [-0.4, -0.2) is 42.5 Å². The van der Waals surface area contributed by atoms with Crippen molar-refractivity contribution in [3.05, 3.63) is 35.4 Å². The van der Waals surface area contributed by atoms with Gasteiger partial charge in [-0.2, -0.15) is 0 Å². The molecular weight excluding hydrogens is 304 g/mol. The predicted molar refractivity (Wildman–Crippen MR) is 93.4 cm³/mol. The maximum Gasteiger partial charge on any atom is 0.225 e. The van der Waals surface area contributed by atoms with Crippen LogP contribution in [0.5, 0.6) is 0 Å². The molecule has 2 rings (SSSR count). The summed E-state index contributed by atoms with van der Waals surface area (Å²) in [6.07, 6.45) is 1.31. The van der Waals surface area contributed by atoms with Crippen LogP contribution < -0.4 is 5.32 Å². The van der Waals surface area contributed by atoms with Crippen molar-refractivity contribution in [2.75, 3.05) is 19.7 Å². The van der Waals surface area contributed by atoms with E-state index in [1.807, 2.05) is 45.0 Å². The molecule has 0 aliphatic carbocycles. The molecule has 1 fully saturated rings. The number of carbonyl (C=O) groups excluding carboxylic acids is 2. The fraction of sp³-hybridized carbons (Fsp3) is 0.579. The first-order valence-electron chi connectivity index (χ1n) is 8.68. The van der Waals surface area contributed by atoms with Crippen molar-refractivity contribution in [1.82, 2.24) is 10.2 Å². The van der Waals surface area contributed by atoms with Crippen molar-refractivity contribution in [2.45, 2.75) is 46.3 Å². The van der Waals surface area contributed by atoms with E-state index in [0.717, 1.165) is 12.0 Å². The van der Waals surface area contributed by atoms with E-state index >= 15 is 0 Å². The van der Waals surface area contributed by atoms with Gasteiger partial charge in [-0.1, -0.05) is 29.8 Å². The number of rotatable bonds is 8. The highest BCUT2D eigenvalue weighted by Crippen LogP contribution is 2.20. The van der Waals surface area contributed by atoms with Gasteiger partial charge in [-0.15, -0.1) is 0 Å². The van der Waals surface area contributed by atoms with Crippen molar-refractivity contribution < 1.29 is 14.3 Å². The molecule has 1 aromatic carbocycles. The Morgan fingerprint density at radius 3 is 2.71 bits per heavy atom. The lowest BCUT2D eigenvalue weighted by molar-refractivity contribution is -0.129. The van der Waals surface area contributed by atoms with E-state index in [4.69, 9.17) is 4.74 Å². The molecule has 1 aliphatic rings. The van der Waals surface area contributed by atoms with Gasteiger partial charge < -0.3 is 15.0 Å². The molecule has 1 aromatic rings. The number of ether oxygens (including phenoxy) is 1. The molecule has 0 bridgehead atoms. The quantitative estimate of drug-likeness (QED) is 0.743. The maximum absolute atomic E-state index is 12.2. The summed E-state index contributed by atoms with van der Waals surface area (Å²) < 4.78 is 5.44. The summed E-state index contributed by atoms with van der Waals surface area (Å²) in [6.45, 7) is 8.33. The number of carbonyl (C=O) groups is 2. The van der Waals surface area contributed by atoms with Crippen LogP contribution in [0.1, 0.15) is 37.8 Å². The molecule has 1 unspecified atom stereocenters. The van der Waals surface area contributed by atoms with Crippen molar-refractivity contribution in [1.29, 1.82) is 0 Å². The van der Waals surface area contributed by atoms with Crippen molar-refractivity contribution in [2.24, 2.45) is 5.92 Å². The van der Waals surface area contributed by atoms with E-state index in [-0.39, 0.29) is 23.8 Å². The first-order chi connectivity index (χ1) is 11.5. The largest absolute Gasteiger partial charge is 0.379 e. The summed E-state index contributed by atoms with van der Waals surface area (Å²) in [5, 5.41) is 2.91. The molecule has 1 aliphatic heterocycles. The van der Waals surface area contributed by atoms with E-state index in [2.05, 4.69) is 5.32 Å². The Bertz CT molecular complexity index is 554. The molecule has 0 spiro atoms. The summed E-state index contributed by atoms with van der Waals surface area (Å²) in [5.74, 6) is -0.216. The SMILES string of the molecule is Cc1ccc(CN2CC(C(=O)NCCCOC(C)C)CC2=O)cc1. The zero-order valence-electron chi connectivity index (χ0n) is 14.9. The fourth-order valence-electron chi connectivity index (χ4n) is 2.76. The minimum Gasteiger partial charge on any atom is -0.379 e.